The molecule has 5 nitrogen and oxygen atoms in total. The minimum Gasteiger partial charge on any atom is -0.733 e. The molecule has 22 heteroatoms. The van der Waals surface area contributed by atoms with Gasteiger partial charge in [0.1, 0.15) is 0 Å². The summed E-state index contributed by atoms with van der Waals surface area (Å²) in [5, 5.41) is 18.8. The fourth-order valence-electron chi connectivity index (χ4n) is 2.25. The van der Waals surface area contributed by atoms with Crippen LogP contribution in [0, 0.1) is 5.21 Å². The monoisotopic (exact) mass is 585 g/mol. The van der Waals surface area contributed by atoms with Gasteiger partial charge in [-0.2, -0.15) is 74.6 Å². The fraction of sp³-hybridized carbons (Fsp3) is 0.533. The number of carbonyl (C=O) groups excluding carboxylic acids is 1. The van der Waals surface area contributed by atoms with Crippen LogP contribution in [0.25, 0.3) is 0 Å². The van der Waals surface area contributed by atoms with E-state index in [0.717, 1.165) is 6.07 Å². The molecule has 0 radical (unpaired) electrons. The first-order valence-electron chi connectivity index (χ1n) is 8.35. The first kappa shape index (κ1) is 32.2. The van der Waals surface area contributed by atoms with Crippen molar-refractivity contribution in [1.82, 2.24) is 0 Å². The first-order chi connectivity index (χ1) is 16.1. The van der Waals surface area contributed by atoms with Crippen LogP contribution in [-0.2, 0) is 4.79 Å². The molecule has 0 aliphatic carbocycles. The minimum absolute atomic E-state index is 0.309. The Labute approximate surface area is 190 Å². The summed E-state index contributed by atoms with van der Waals surface area (Å²) in [6, 6.07) is 2.23. The van der Waals surface area contributed by atoms with Crippen molar-refractivity contribution in [3.8, 4) is 0 Å². The lowest BCUT2D eigenvalue weighted by atomic mass is 9.88. The van der Waals surface area contributed by atoms with Crippen LogP contribution in [0.4, 0.5) is 86.0 Å². The number of para-hydroxylation sites is 2. The van der Waals surface area contributed by atoms with Gasteiger partial charge in [0.25, 0.3) is 0 Å². The molecular formula is C15H6F17N2O3-. The lowest BCUT2D eigenvalue weighted by molar-refractivity contribution is -0.459. The van der Waals surface area contributed by atoms with Crippen LogP contribution >= 0.6 is 0 Å². The molecule has 0 saturated carbocycles. The van der Waals surface area contributed by atoms with Gasteiger partial charge in [0.2, 0.25) is 0 Å². The standard InChI is InChI=1S/C15H6F17N2O3/c16-8(17,7(35)33-5-3-1-2-4-6(5)34(36)37)9(18,19)10(20,21)11(22,23)12(24,25)13(26,27)14(28,29)15(30,31)32/h1-4,36H,(H,33,35)/q-1. The highest BCUT2D eigenvalue weighted by Crippen LogP contribution is 2.64. The molecule has 0 atom stereocenters. The smallest absolute Gasteiger partial charge is 0.460 e. The molecule has 0 fully saturated rings. The number of anilines is 2. The molecule has 0 heterocycles. The zero-order valence-corrected chi connectivity index (χ0v) is 16.4. The molecule has 0 bridgehead atoms. The normalized spacial score (nSPS) is 15.0. The van der Waals surface area contributed by atoms with Crippen molar-refractivity contribution in [1.29, 1.82) is 0 Å². The van der Waals surface area contributed by atoms with Crippen LogP contribution in [-0.4, -0.2) is 58.7 Å². The van der Waals surface area contributed by atoms with Gasteiger partial charge in [-0.1, -0.05) is 12.1 Å². The summed E-state index contributed by atoms with van der Waals surface area (Å²) in [6.45, 7) is 0. The predicted molar refractivity (Wildman–Crippen MR) is 83.4 cm³/mol. The maximum absolute atomic E-state index is 13.9. The van der Waals surface area contributed by atoms with Gasteiger partial charge >= 0.3 is 53.5 Å². The van der Waals surface area contributed by atoms with E-state index < -0.39 is 70.1 Å². The number of hydrogen-bond donors (Lipinski definition) is 2. The Morgan fingerprint density at radius 2 is 1.00 bits per heavy atom. The summed E-state index contributed by atoms with van der Waals surface area (Å²) in [5.41, 5.74) is -2.76. The van der Waals surface area contributed by atoms with Gasteiger partial charge in [0.05, 0.1) is 11.4 Å². The summed E-state index contributed by atoms with van der Waals surface area (Å²) in [4.78, 5) is 11.4. The lowest BCUT2D eigenvalue weighted by Gasteiger charge is -2.42. The Bertz CT molecular complexity index is 1010. The number of rotatable bonds is 9. The van der Waals surface area contributed by atoms with E-state index in [1.807, 2.05) is 0 Å². The van der Waals surface area contributed by atoms with Gasteiger partial charge < -0.3 is 15.8 Å². The van der Waals surface area contributed by atoms with Crippen molar-refractivity contribution in [2.45, 2.75) is 47.6 Å². The first-order valence-corrected chi connectivity index (χ1v) is 8.35. The highest BCUT2D eigenvalue weighted by Gasteiger charge is 2.95. The van der Waals surface area contributed by atoms with Crippen molar-refractivity contribution in [2.24, 2.45) is 0 Å². The average molecular weight is 585 g/mol. The Kier molecular flexibility index (Phi) is 7.76. The van der Waals surface area contributed by atoms with E-state index in [1.165, 1.54) is 0 Å². The number of nitrogens with one attached hydrogen (secondary N) is 1. The molecule has 0 spiro atoms. The molecule has 214 valence electrons. The highest BCUT2D eigenvalue weighted by atomic mass is 19.4. The molecular weight excluding hydrogens is 579 g/mol. The van der Waals surface area contributed by atoms with Crippen LogP contribution in [0.1, 0.15) is 0 Å². The summed E-state index contributed by atoms with van der Waals surface area (Å²) >= 11 is 0. The topological polar surface area (TPSA) is 75.6 Å². The molecule has 0 saturated heterocycles. The van der Waals surface area contributed by atoms with Crippen molar-refractivity contribution in [3.05, 3.63) is 29.5 Å². The van der Waals surface area contributed by atoms with Crippen molar-refractivity contribution in [2.75, 3.05) is 10.5 Å². The number of carbonyl (C=O) groups is 1. The van der Waals surface area contributed by atoms with Crippen LogP contribution < -0.4 is 10.5 Å². The molecule has 1 aromatic rings. The van der Waals surface area contributed by atoms with E-state index in [0.29, 0.717) is 23.5 Å². The summed E-state index contributed by atoms with van der Waals surface area (Å²) in [6.07, 6.45) is -7.88. The number of halogens is 17. The molecule has 0 aliphatic rings. The zero-order valence-electron chi connectivity index (χ0n) is 16.4. The number of alkyl halides is 17. The largest absolute Gasteiger partial charge is 0.733 e. The number of hydrogen-bond acceptors (Lipinski definition) is 4. The molecule has 37 heavy (non-hydrogen) atoms. The third-order valence-corrected chi connectivity index (χ3v) is 4.37. The molecule has 1 amide bonds. The van der Waals surface area contributed by atoms with E-state index >= 15 is 0 Å². The molecule has 0 aliphatic heterocycles. The second-order valence-electron chi connectivity index (χ2n) is 6.76. The second-order valence-corrected chi connectivity index (χ2v) is 6.76. The third kappa shape index (κ3) is 4.46. The molecule has 0 unspecified atom stereocenters. The van der Waals surface area contributed by atoms with Crippen LogP contribution in [0.5, 0.6) is 0 Å². The average Bonchev–Trinajstić information content (AvgIpc) is 2.72. The molecule has 1 aromatic carbocycles. The summed E-state index contributed by atoms with van der Waals surface area (Å²) < 4.78 is 224. The molecule has 1 rings (SSSR count). The van der Waals surface area contributed by atoms with Crippen molar-refractivity contribution >= 4 is 17.3 Å². The zero-order chi connectivity index (χ0) is 29.8. The van der Waals surface area contributed by atoms with Gasteiger partial charge in [-0.25, -0.2) is 0 Å². The van der Waals surface area contributed by atoms with Gasteiger partial charge in [0, 0.05) is 0 Å². The second kappa shape index (κ2) is 8.91. The van der Waals surface area contributed by atoms with Crippen LogP contribution in [0.2, 0.25) is 0 Å². The van der Waals surface area contributed by atoms with E-state index in [4.69, 9.17) is 5.21 Å². The number of nitrogens with zero attached hydrogens (tertiary/aromatic N) is 1. The predicted octanol–water partition coefficient (Wildman–Crippen LogP) is 6.33. The Hall–Kier alpha value is -2.78. The van der Waals surface area contributed by atoms with E-state index in [2.05, 4.69) is 0 Å². The molecule has 0 aromatic heterocycles. The van der Waals surface area contributed by atoms with Gasteiger partial charge in [0.15, 0.2) is 0 Å². The Morgan fingerprint density at radius 1 is 0.649 bits per heavy atom. The van der Waals surface area contributed by atoms with Gasteiger partial charge in [-0.05, 0) is 12.1 Å². The van der Waals surface area contributed by atoms with Crippen molar-refractivity contribution in [3.63, 3.8) is 0 Å². The fourth-order valence-corrected chi connectivity index (χ4v) is 2.25. The minimum atomic E-state index is -8.83. The Morgan fingerprint density at radius 3 is 1.38 bits per heavy atom. The number of benzene rings is 1. The van der Waals surface area contributed by atoms with E-state index in [-0.39, 0.29) is 0 Å². The van der Waals surface area contributed by atoms with Crippen LogP contribution in [0.15, 0.2) is 24.3 Å². The SMILES string of the molecule is O=C(Nc1ccccc1N([O-])O)C(F)(F)C(F)(F)C(F)(F)C(F)(F)C(F)(F)C(F)(F)C(F)(F)C(F)(F)F. The lowest BCUT2D eigenvalue weighted by Crippen LogP contribution is -2.75. The van der Waals surface area contributed by atoms with Gasteiger partial charge in [-0.3, -0.25) is 10.0 Å². The van der Waals surface area contributed by atoms with Crippen LogP contribution in [0.3, 0.4) is 0 Å². The van der Waals surface area contributed by atoms with Gasteiger partial charge in [-0.15, -0.1) is 0 Å². The maximum atomic E-state index is 13.9. The molecule has 2 N–H and O–H groups in total. The summed E-state index contributed by atoms with van der Waals surface area (Å²) in [7, 11) is 0. The van der Waals surface area contributed by atoms with Crippen molar-refractivity contribution < 1.29 is 84.6 Å². The quantitative estimate of drug-likeness (QED) is 0.263. The van der Waals surface area contributed by atoms with E-state index in [1.54, 1.807) is 0 Å². The number of amides is 1. The van der Waals surface area contributed by atoms with E-state index in [9.17, 15) is 84.6 Å². The Balaban J connectivity index is 3.61. The maximum Gasteiger partial charge on any atom is 0.460 e. The summed E-state index contributed by atoms with van der Waals surface area (Å²) in [5.74, 6) is -62.7. The third-order valence-electron chi connectivity index (χ3n) is 4.37. The highest BCUT2D eigenvalue weighted by molar-refractivity contribution is 5.99.